The van der Waals surface area contributed by atoms with E-state index in [-0.39, 0.29) is 10.8 Å². The first-order valence-electron chi connectivity index (χ1n) is 9.77. The highest BCUT2D eigenvalue weighted by atomic mass is 35.5. The normalized spacial score (nSPS) is 15.0. The molecule has 3 rings (SSSR count). The lowest BCUT2D eigenvalue weighted by Crippen LogP contribution is -2.48. The van der Waals surface area contributed by atoms with Gasteiger partial charge in [0.25, 0.3) is 5.91 Å². The molecule has 0 N–H and O–H groups in total. The minimum absolute atomic E-state index is 0.0874. The number of nitrogens with zero attached hydrogens (tertiary/aromatic N) is 3. The molecule has 2 aromatic carbocycles. The van der Waals surface area contributed by atoms with Crippen molar-refractivity contribution in [3.8, 4) is 0 Å². The summed E-state index contributed by atoms with van der Waals surface area (Å²) in [5.41, 5.74) is 1.47. The molecule has 0 atom stereocenters. The Morgan fingerprint density at radius 1 is 0.966 bits per heavy atom. The third-order valence-electron chi connectivity index (χ3n) is 5.20. The molecule has 1 amide bonds. The van der Waals surface area contributed by atoms with Gasteiger partial charge in [-0.05, 0) is 36.4 Å². The minimum atomic E-state index is -3.52. The summed E-state index contributed by atoms with van der Waals surface area (Å²) < 4.78 is 26.6. The zero-order valence-electron chi connectivity index (χ0n) is 16.7. The zero-order valence-corrected chi connectivity index (χ0v) is 18.3. The molecule has 0 saturated carbocycles. The van der Waals surface area contributed by atoms with Crippen LogP contribution in [0.5, 0.6) is 0 Å². The number of amides is 1. The Kier molecular flexibility index (Phi) is 6.82. The molecular weight excluding hydrogens is 410 g/mol. The van der Waals surface area contributed by atoms with Gasteiger partial charge in [0.2, 0.25) is 10.0 Å². The molecule has 2 aromatic rings. The van der Waals surface area contributed by atoms with Crippen molar-refractivity contribution in [1.29, 1.82) is 0 Å². The second-order valence-corrected chi connectivity index (χ2v) is 9.19. The van der Waals surface area contributed by atoms with E-state index in [9.17, 15) is 13.2 Å². The lowest BCUT2D eigenvalue weighted by molar-refractivity contribution is 0.0746. The summed E-state index contributed by atoms with van der Waals surface area (Å²) in [5.74, 6) is -0.0874. The predicted molar refractivity (Wildman–Crippen MR) is 116 cm³/mol. The molecule has 1 heterocycles. The summed E-state index contributed by atoms with van der Waals surface area (Å²) in [4.78, 5) is 17.0. The van der Waals surface area contributed by atoms with E-state index in [1.165, 1.54) is 16.4 Å². The highest BCUT2D eigenvalue weighted by Crippen LogP contribution is 2.26. The Bertz CT molecular complexity index is 951. The van der Waals surface area contributed by atoms with Gasteiger partial charge in [-0.15, -0.1) is 0 Å². The molecule has 29 heavy (non-hydrogen) atoms. The second kappa shape index (κ2) is 9.15. The molecule has 1 fully saturated rings. The number of hydrogen-bond acceptors (Lipinski definition) is 4. The van der Waals surface area contributed by atoms with Gasteiger partial charge in [0.15, 0.2) is 0 Å². The highest BCUT2D eigenvalue weighted by Gasteiger charge is 2.25. The molecule has 0 spiro atoms. The Morgan fingerprint density at radius 3 is 2.10 bits per heavy atom. The van der Waals surface area contributed by atoms with Crippen molar-refractivity contribution in [2.75, 3.05) is 44.2 Å². The number of halogens is 1. The summed E-state index contributed by atoms with van der Waals surface area (Å²) in [6.45, 7) is 7.01. The number of benzene rings is 2. The summed E-state index contributed by atoms with van der Waals surface area (Å²) in [6.07, 6.45) is 0. The van der Waals surface area contributed by atoms with Gasteiger partial charge in [-0.1, -0.05) is 37.6 Å². The third kappa shape index (κ3) is 4.57. The van der Waals surface area contributed by atoms with Crippen LogP contribution in [0.1, 0.15) is 24.2 Å². The van der Waals surface area contributed by atoms with E-state index in [0.717, 1.165) is 5.69 Å². The van der Waals surface area contributed by atoms with E-state index in [1.807, 2.05) is 24.3 Å². The molecule has 0 bridgehead atoms. The lowest BCUT2D eigenvalue weighted by Gasteiger charge is -2.36. The molecule has 0 unspecified atom stereocenters. The number of hydrogen-bond donors (Lipinski definition) is 0. The van der Waals surface area contributed by atoms with E-state index < -0.39 is 10.0 Å². The largest absolute Gasteiger partial charge is 0.367 e. The van der Waals surface area contributed by atoms with Gasteiger partial charge in [-0.25, -0.2) is 8.42 Å². The molecule has 1 saturated heterocycles. The molecule has 156 valence electrons. The van der Waals surface area contributed by atoms with Crippen LogP contribution in [0.2, 0.25) is 5.02 Å². The number of sulfonamides is 1. The first kappa shape index (κ1) is 21.6. The molecular formula is C21H26ClN3O3S. The number of carbonyl (C=O) groups is 1. The Hall–Kier alpha value is -2.09. The van der Waals surface area contributed by atoms with Gasteiger partial charge >= 0.3 is 0 Å². The molecule has 0 aliphatic carbocycles. The lowest BCUT2D eigenvalue weighted by atomic mass is 10.1. The van der Waals surface area contributed by atoms with E-state index >= 15 is 0 Å². The van der Waals surface area contributed by atoms with Crippen molar-refractivity contribution in [3.05, 3.63) is 59.1 Å². The van der Waals surface area contributed by atoms with Crippen molar-refractivity contribution >= 4 is 33.2 Å². The fraction of sp³-hybridized carbons (Fsp3) is 0.381. The first-order valence-corrected chi connectivity index (χ1v) is 11.6. The van der Waals surface area contributed by atoms with Gasteiger partial charge in [0, 0.05) is 44.8 Å². The number of para-hydroxylation sites is 1. The molecule has 1 aliphatic heterocycles. The molecule has 1 aliphatic rings. The number of rotatable bonds is 6. The van der Waals surface area contributed by atoms with Crippen molar-refractivity contribution in [1.82, 2.24) is 9.21 Å². The highest BCUT2D eigenvalue weighted by molar-refractivity contribution is 7.89. The summed E-state index contributed by atoms with van der Waals surface area (Å²) in [5, 5.41) is 0.706. The average molecular weight is 436 g/mol. The maximum atomic E-state index is 12.8. The summed E-state index contributed by atoms with van der Waals surface area (Å²) in [6, 6.07) is 13.9. The van der Waals surface area contributed by atoms with Crippen LogP contribution in [0.3, 0.4) is 0 Å². The first-order chi connectivity index (χ1) is 13.9. The number of carbonyl (C=O) groups excluding carboxylic acids is 1. The van der Waals surface area contributed by atoms with Crippen LogP contribution in [-0.4, -0.2) is 62.8 Å². The predicted octanol–water partition coefficient (Wildman–Crippen LogP) is 3.33. The van der Waals surface area contributed by atoms with Crippen molar-refractivity contribution in [2.24, 2.45) is 0 Å². The minimum Gasteiger partial charge on any atom is -0.367 e. The topological polar surface area (TPSA) is 60.9 Å². The SMILES string of the molecule is CCN(CC)S(=O)(=O)c1ccc(C(=O)N2CCN(c3ccccc3Cl)CC2)cc1. The van der Waals surface area contributed by atoms with E-state index in [4.69, 9.17) is 11.6 Å². The van der Waals surface area contributed by atoms with Crippen LogP contribution in [0.25, 0.3) is 0 Å². The number of piperazine rings is 1. The zero-order chi connectivity index (χ0) is 21.0. The van der Waals surface area contributed by atoms with Crippen molar-refractivity contribution in [2.45, 2.75) is 18.7 Å². The molecule has 0 aromatic heterocycles. The van der Waals surface area contributed by atoms with Gasteiger partial charge in [-0.2, -0.15) is 4.31 Å². The molecule has 0 radical (unpaired) electrons. The maximum Gasteiger partial charge on any atom is 0.253 e. The van der Waals surface area contributed by atoms with E-state index in [1.54, 1.807) is 30.9 Å². The van der Waals surface area contributed by atoms with Crippen LogP contribution in [0, 0.1) is 0 Å². The van der Waals surface area contributed by atoms with Crippen LogP contribution in [0.15, 0.2) is 53.4 Å². The fourth-order valence-corrected chi connectivity index (χ4v) is 5.24. The molecule has 8 heteroatoms. The Balaban J connectivity index is 1.67. The Morgan fingerprint density at radius 2 is 1.55 bits per heavy atom. The average Bonchev–Trinajstić information content (AvgIpc) is 2.74. The van der Waals surface area contributed by atoms with Crippen LogP contribution in [0.4, 0.5) is 5.69 Å². The van der Waals surface area contributed by atoms with Crippen LogP contribution >= 0.6 is 11.6 Å². The van der Waals surface area contributed by atoms with Crippen molar-refractivity contribution < 1.29 is 13.2 Å². The van der Waals surface area contributed by atoms with Crippen LogP contribution < -0.4 is 4.90 Å². The number of anilines is 1. The van der Waals surface area contributed by atoms with E-state index in [2.05, 4.69) is 4.90 Å². The second-order valence-electron chi connectivity index (χ2n) is 6.84. The van der Waals surface area contributed by atoms with Crippen molar-refractivity contribution in [3.63, 3.8) is 0 Å². The van der Waals surface area contributed by atoms with Gasteiger partial charge in [0.1, 0.15) is 0 Å². The maximum absolute atomic E-state index is 12.8. The van der Waals surface area contributed by atoms with Gasteiger partial charge < -0.3 is 9.80 Å². The summed E-state index contributed by atoms with van der Waals surface area (Å²) in [7, 11) is -3.52. The third-order valence-corrected chi connectivity index (χ3v) is 7.59. The van der Waals surface area contributed by atoms with Gasteiger partial charge in [0.05, 0.1) is 15.6 Å². The van der Waals surface area contributed by atoms with Crippen LogP contribution in [-0.2, 0) is 10.0 Å². The van der Waals surface area contributed by atoms with Gasteiger partial charge in [-0.3, -0.25) is 4.79 Å². The monoisotopic (exact) mass is 435 g/mol. The fourth-order valence-electron chi connectivity index (χ4n) is 3.52. The quantitative estimate of drug-likeness (QED) is 0.698. The smallest absolute Gasteiger partial charge is 0.253 e. The molecule has 6 nitrogen and oxygen atoms in total. The Labute approximate surface area is 177 Å². The summed E-state index contributed by atoms with van der Waals surface area (Å²) >= 11 is 6.27. The van der Waals surface area contributed by atoms with E-state index in [0.29, 0.717) is 49.9 Å². The standard InChI is InChI=1S/C21H26ClN3O3S/c1-3-25(4-2)29(27,28)18-11-9-17(10-12-18)21(26)24-15-13-23(14-16-24)20-8-6-5-7-19(20)22/h5-12H,3-4,13-16H2,1-2H3.